The minimum absolute atomic E-state index is 0.0661. The van der Waals surface area contributed by atoms with Crippen molar-refractivity contribution in [3.63, 3.8) is 0 Å². The van der Waals surface area contributed by atoms with E-state index in [1.54, 1.807) is 0 Å². The predicted octanol–water partition coefficient (Wildman–Crippen LogP) is 12.2. The van der Waals surface area contributed by atoms with Crippen molar-refractivity contribution in [2.45, 2.75) is 19.3 Å². The maximum Gasteiger partial charge on any atom is 0.0543 e. The second-order valence-corrected chi connectivity index (χ2v) is 13.1. The summed E-state index contributed by atoms with van der Waals surface area (Å²) in [5, 5.41) is 6.44. The standard InChI is InChI=1S/C45H34N2/c1-45(2)40-22-11-9-18-36(40)37-26-25-32(29-41(37)45)46-44-34(30-14-5-3-6-15-30)20-13-21-35(44)31-24-27-43-39(28-31)38-19-10-12-23-42(38)47(43)33-16-7-4-8-17-33/h3-29,46H,1-2H3. The molecule has 0 bridgehead atoms. The van der Waals surface area contributed by atoms with E-state index < -0.39 is 0 Å². The van der Waals surface area contributed by atoms with Crippen molar-refractivity contribution in [1.82, 2.24) is 4.57 Å². The Morgan fingerprint density at radius 3 is 1.91 bits per heavy atom. The van der Waals surface area contributed by atoms with E-state index in [2.05, 4.69) is 188 Å². The Morgan fingerprint density at radius 2 is 1.09 bits per heavy atom. The molecule has 0 amide bonds. The summed E-state index contributed by atoms with van der Waals surface area (Å²) in [6.45, 7) is 4.68. The zero-order valence-electron chi connectivity index (χ0n) is 26.5. The van der Waals surface area contributed by atoms with Crippen molar-refractivity contribution in [3.05, 3.63) is 175 Å². The largest absolute Gasteiger partial charge is 0.355 e. The highest BCUT2D eigenvalue weighted by atomic mass is 15.0. The van der Waals surface area contributed by atoms with Crippen LogP contribution in [0.1, 0.15) is 25.0 Å². The minimum atomic E-state index is -0.0661. The summed E-state index contributed by atoms with van der Waals surface area (Å²) in [6.07, 6.45) is 0. The van der Waals surface area contributed by atoms with Crippen molar-refractivity contribution >= 4 is 33.2 Å². The van der Waals surface area contributed by atoms with Gasteiger partial charge in [0.1, 0.15) is 0 Å². The Hall–Kier alpha value is -5.86. The van der Waals surface area contributed by atoms with Gasteiger partial charge in [-0.3, -0.25) is 0 Å². The highest BCUT2D eigenvalue weighted by Crippen LogP contribution is 2.50. The Morgan fingerprint density at radius 1 is 0.447 bits per heavy atom. The van der Waals surface area contributed by atoms with Gasteiger partial charge in [-0.1, -0.05) is 135 Å². The molecular formula is C45H34N2. The zero-order chi connectivity index (χ0) is 31.5. The van der Waals surface area contributed by atoms with Crippen LogP contribution in [0.4, 0.5) is 11.4 Å². The zero-order valence-corrected chi connectivity index (χ0v) is 26.5. The number of rotatable bonds is 5. The molecule has 1 aromatic heterocycles. The average Bonchev–Trinajstić information content (AvgIpc) is 3.57. The van der Waals surface area contributed by atoms with E-state index in [1.165, 1.54) is 72.0 Å². The first-order chi connectivity index (χ1) is 23.1. The molecular weight excluding hydrogens is 569 g/mol. The monoisotopic (exact) mass is 602 g/mol. The van der Waals surface area contributed by atoms with E-state index in [9.17, 15) is 0 Å². The first-order valence-corrected chi connectivity index (χ1v) is 16.4. The topological polar surface area (TPSA) is 17.0 Å². The van der Waals surface area contributed by atoms with Crippen LogP contribution in [0.2, 0.25) is 0 Å². The number of benzene rings is 7. The molecule has 0 saturated carbocycles. The van der Waals surface area contributed by atoms with Gasteiger partial charge in [-0.2, -0.15) is 0 Å². The molecule has 8 aromatic rings. The number of nitrogens with zero attached hydrogens (tertiary/aromatic N) is 1. The number of aromatic nitrogens is 1. The first-order valence-electron chi connectivity index (χ1n) is 16.4. The number of hydrogen-bond donors (Lipinski definition) is 1. The third kappa shape index (κ3) is 4.33. The molecule has 9 rings (SSSR count). The molecule has 1 aliphatic rings. The third-order valence-corrected chi connectivity index (χ3v) is 10.0. The quantitative estimate of drug-likeness (QED) is 0.207. The molecule has 47 heavy (non-hydrogen) atoms. The minimum Gasteiger partial charge on any atom is -0.355 e. The highest BCUT2D eigenvalue weighted by molar-refractivity contribution is 6.11. The van der Waals surface area contributed by atoms with Crippen LogP contribution >= 0.6 is 0 Å². The van der Waals surface area contributed by atoms with Gasteiger partial charge in [0.15, 0.2) is 0 Å². The van der Waals surface area contributed by atoms with Crippen LogP contribution in [0.25, 0.3) is 60.9 Å². The molecule has 0 saturated heterocycles. The van der Waals surface area contributed by atoms with Gasteiger partial charge in [-0.25, -0.2) is 0 Å². The van der Waals surface area contributed by atoms with E-state index in [0.29, 0.717) is 0 Å². The second kappa shape index (κ2) is 10.6. The molecule has 0 unspecified atom stereocenters. The fourth-order valence-corrected chi connectivity index (χ4v) is 7.71. The van der Waals surface area contributed by atoms with Gasteiger partial charge >= 0.3 is 0 Å². The number of para-hydroxylation sites is 3. The Kier molecular flexibility index (Phi) is 6.20. The fourth-order valence-electron chi connectivity index (χ4n) is 7.71. The van der Waals surface area contributed by atoms with Crippen molar-refractivity contribution in [3.8, 4) is 39.1 Å². The van der Waals surface area contributed by atoms with Crippen LogP contribution in [0.15, 0.2) is 164 Å². The van der Waals surface area contributed by atoms with Crippen molar-refractivity contribution in [2.24, 2.45) is 0 Å². The molecule has 0 atom stereocenters. The SMILES string of the molecule is CC1(C)c2ccccc2-c2ccc(Nc3c(-c4ccccc4)cccc3-c3ccc4c(c3)c3ccccc3n4-c3ccccc3)cc21. The summed E-state index contributed by atoms with van der Waals surface area (Å²) < 4.78 is 2.37. The molecule has 0 radical (unpaired) electrons. The maximum atomic E-state index is 3.94. The van der Waals surface area contributed by atoms with Gasteiger partial charge in [0, 0.05) is 38.7 Å². The van der Waals surface area contributed by atoms with Gasteiger partial charge in [-0.15, -0.1) is 0 Å². The molecule has 1 heterocycles. The van der Waals surface area contributed by atoms with Crippen molar-refractivity contribution in [2.75, 3.05) is 5.32 Å². The van der Waals surface area contributed by atoms with Crippen LogP contribution in [0.5, 0.6) is 0 Å². The van der Waals surface area contributed by atoms with Gasteiger partial charge in [0.05, 0.1) is 16.7 Å². The van der Waals surface area contributed by atoms with Crippen molar-refractivity contribution < 1.29 is 0 Å². The Balaban J connectivity index is 1.23. The third-order valence-electron chi connectivity index (χ3n) is 10.0. The molecule has 2 heteroatoms. The maximum absolute atomic E-state index is 3.94. The predicted molar refractivity (Wildman–Crippen MR) is 199 cm³/mol. The Labute approximate surface area is 275 Å². The van der Waals surface area contributed by atoms with Crippen LogP contribution < -0.4 is 5.32 Å². The van der Waals surface area contributed by atoms with Crippen LogP contribution in [0.3, 0.4) is 0 Å². The lowest BCUT2D eigenvalue weighted by atomic mass is 9.82. The molecule has 1 aliphatic carbocycles. The van der Waals surface area contributed by atoms with Gasteiger partial charge < -0.3 is 9.88 Å². The van der Waals surface area contributed by atoms with Gasteiger partial charge in [-0.05, 0) is 75.8 Å². The van der Waals surface area contributed by atoms with Crippen LogP contribution in [0, 0.1) is 0 Å². The molecule has 0 fully saturated rings. The van der Waals surface area contributed by atoms with E-state index >= 15 is 0 Å². The number of nitrogens with one attached hydrogen (secondary N) is 1. The molecule has 224 valence electrons. The summed E-state index contributed by atoms with van der Waals surface area (Å²) in [5.74, 6) is 0. The lowest BCUT2D eigenvalue weighted by Crippen LogP contribution is -2.15. The molecule has 0 aliphatic heterocycles. The van der Waals surface area contributed by atoms with Crippen molar-refractivity contribution in [1.29, 1.82) is 0 Å². The molecule has 0 spiro atoms. The molecule has 7 aromatic carbocycles. The smallest absolute Gasteiger partial charge is 0.0543 e. The number of anilines is 2. The summed E-state index contributed by atoms with van der Waals surface area (Å²) in [5.41, 5.74) is 15.9. The first kappa shape index (κ1) is 27.5. The average molecular weight is 603 g/mol. The number of hydrogen-bond acceptors (Lipinski definition) is 1. The van der Waals surface area contributed by atoms with Crippen LogP contribution in [-0.2, 0) is 5.41 Å². The lowest BCUT2D eigenvalue weighted by molar-refractivity contribution is 0.660. The molecule has 2 nitrogen and oxygen atoms in total. The van der Waals surface area contributed by atoms with Crippen LogP contribution in [-0.4, -0.2) is 4.57 Å². The second-order valence-electron chi connectivity index (χ2n) is 13.1. The highest BCUT2D eigenvalue weighted by Gasteiger charge is 2.35. The Bertz CT molecular complexity index is 2450. The number of fused-ring (bicyclic) bond motifs is 6. The van der Waals surface area contributed by atoms with Gasteiger partial charge in [0.2, 0.25) is 0 Å². The summed E-state index contributed by atoms with van der Waals surface area (Å²) in [7, 11) is 0. The molecule has 1 N–H and O–H groups in total. The summed E-state index contributed by atoms with van der Waals surface area (Å²) in [4.78, 5) is 0. The van der Waals surface area contributed by atoms with E-state index in [-0.39, 0.29) is 5.41 Å². The van der Waals surface area contributed by atoms with E-state index in [4.69, 9.17) is 0 Å². The summed E-state index contributed by atoms with van der Waals surface area (Å²) in [6, 6.07) is 59.4. The normalized spacial score (nSPS) is 13.1. The van der Waals surface area contributed by atoms with E-state index in [1.807, 2.05) is 0 Å². The lowest BCUT2D eigenvalue weighted by Gasteiger charge is -2.23. The van der Waals surface area contributed by atoms with E-state index in [0.717, 1.165) is 11.4 Å². The van der Waals surface area contributed by atoms with Gasteiger partial charge in [0.25, 0.3) is 0 Å². The summed E-state index contributed by atoms with van der Waals surface area (Å²) >= 11 is 0. The fraction of sp³-hybridized carbons (Fsp3) is 0.0667.